The van der Waals surface area contributed by atoms with Gasteiger partial charge >= 0.3 is 0 Å². The van der Waals surface area contributed by atoms with Gasteiger partial charge in [0, 0.05) is 27.7 Å². The molecule has 25 heavy (non-hydrogen) atoms. The minimum Gasteiger partial charge on any atom is -0.494 e. The van der Waals surface area contributed by atoms with E-state index in [4.69, 9.17) is 16.3 Å². The fourth-order valence-corrected chi connectivity index (χ4v) is 2.90. The minimum absolute atomic E-state index is 0.249. The molecule has 132 valence electrons. The van der Waals surface area contributed by atoms with Crippen molar-refractivity contribution in [1.82, 2.24) is 10.9 Å². The van der Waals surface area contributed by atoms with Crippen molar-refractivity contribution in [3.8, 4) is 5.75 Å². The van der Waals surface area contributed by atoms with Crippen LogP contribution in [0.4, 0.5) is 0 Å². The van der Waals surface area contributed by atoms with Gasteiger partial charge in [-0.15, -0.1) is 11.8 Å². The molecule has 0 fully saturated rings. The number of halogens is 1. The van der Waals surface area contributed by atoms with E-state index in [1.54, 1.807) is 48.2 Å². The molecule has 2 aromatic rings. The molecular formula is C18H19ClN2O3S. The second kappa shape index (κ2) is 9.96. The Morgan fingerprint density at radius 2 is 1.72 bits per heavy atom. The zero-order valence-electron chi connectivity index (χ0n) is 13.8. The second-order valence-electron chi connectivity index (χ2n) is 5.01. The van der Waals surface area contributed by atoms with Gasteiger partial charge in [0.15, 0.2) is 0 Å². The van der Waals surface area contributed by atoms with Gasteiger partial charge in [0.25, 0.3) is 5.91 Å². The van der Waals surface area contributed by atoms with Crippen molar-refractivity contribution in [3.63, 3.8) is 0 Å². The quantitative estimate of drug-likeness (QED) is 0.569. The molecule has 0 saturated carbocycles. The van der Waals surface area contributed by atoms with E-state index < -0.39 is 0 Å². The predicted molar refractivity (Wildman–Crippen MR) is 100 cm³/mol. The van der Waals surface area contributed by atoms with E-state index in [1.807, 2.05) is 19.1 Å². The van der Waals surface area contributed by atoms with Crippen LogP contribution >= 0.6 is 23.4 Å². The molecule has 0 aliphatic carbocycles. The van der Waals surface area contributed by atoms with Gasteiger partial charge < -0.3 is 4.74 Å². The molecule has 7 heteroatoms. The number of amides is 2. The summed E-state index contributed by atoms with van der Waals surface area (Å²) >= 11 is 7.37. The van der Waals surface area contributed by atoms with Crippen LogP contribution in [-0.2, 0) is 4.79 Å². The molecular weight excluding hydrogens is 360 g/mol. The molecule has 0 aromatic heterocycles. The smallest absolute Gasteiger partial charge is 0.269 e. The second-order valence-corrected chi connectivity index (χ2v) is 6.62. The summed E-state index contributed by atoms with van der Waals surface area (Å²) in [6, 6.07) is 14.1. The molecule has 0 spiro atoms. The van der Waals surface area contributed by atoms with E-state index in [2.05, 4.69) is 10.9 Å². The van der Waals surface area contributed by atoms with Crippen molar-refractivity contribution in [2.45, 2.75) is 18.2 Å². The maximum absolute atomic E-state index is 12.0. The largest absolute Gasteiger partial charge is 0.494 e. The van der Waals surface area contributed by atoms with Crippen molar-refractivity contribution in [1.29, 1.82) is 0 Å². The first-order valence-corrected chi connectivity index (χ1v) is 9.15. The lowest BCUT2D eigenvalue weighted by Crippen LogP contribution is -2.41. The number of benzene rings is 2. The van der Waals surface area contributed by atoms with Gasteiger partial charge in [-0.3, -0.25) is 20.4 Å². The third kappa shape index (κ3) is 6.68. The van der Waals surface area contributed by atoms with Gasteiger partial charge in [0.1, 0.15) is 5.75 Å². The molecule has 0 saturated heterocycles. The highest BCUT2D eigenvalue weighted by Crippen LogP contribution is 2.20. The highest BCUT2D eigenvalue weighted by Gasteiger charge is 2.08. The van der Waals surface area contributed by atoms with Crippen LogP contribution in [-0.4, -0.2) is 24.2 Å². The van der Waals surface area contributed by atoms with E-state index in [1.165, 1.54) is 0 Å². The zero-order chi connectivity index (χ0) is 18.1. The van der Waals surface area contributed by atoms with Crippen LogP contribution in [0.5, 0.6) is 5.75 Å². The lowest BCUT2D eigenvalue weighted by Gasteiger charge is -2.08. The maximum Gasteiger partial charge on any atom is 0.269 e. The number of hydrogen-bond acceptors (Lipinski definition) is 4. The average molecular weight is 379 g/mol. The normalized spacial score (nSPS) is 10.2. The van der Waals surface area contributed by atoms with Crippen molar-refractivity contribution in [2.24, 2.45) is 0 Å². The number of ether oxygens (including phenoxy) is 1. The standard InChI is InChI=1S/C18H19ClN2O3S/c1-2-24-15-7-3-13(4-8-15)18(23)21-20-17(22)11-12-25-16-9-5-14(19)6-10-16/h3-10H,2,11-12H2,1H3,(H,20,22)(H,21,23). The lowest BCUT2D eigenvalue weighted by atomic mass is 10.2. The van der Waals surface area contributed by atoms with Crippen LogP contribution in [0.15, 0.2) is 53.4 Å². The molecule has 0 aliphatic heterocycles. The van der Waals surface area contributed by atoms with Crippen molar-refractivity contribution < 1.29 is 14.3 Å². The van der Waals surface area contributed by atoms with E-state index in [-0.39, 0.29) is 18.2 Å². The van der Waals surface area contributed by atoms with Crippen LogP contribution in [0.3, 0.4) is 0 Å². The predicted octanol–water partition coefficient (Wildman–Crippen LogP) is 3.68. The average Bonchev–Trinajstić information content (AvgIpc) is 2.62. The van der Waals surface area contributed by atoms with E-state index in [0.717, 1.165) is 4.90 Å². The summed E-state index contributed by atoms with van der Waals surface area (Å²) < 4.78 is 5.31. The third-order valence-electron chi connectivity index (χ3n) is 3.15. The van der Waals surface area contributed by atoms with Crippen LogP contribution < -0.4 is 15.6 Å². The fourth-order valence-electron chi connectivity index (χ4n) is 1.92. The Bertz CT molecular complexity index is 705. The fraction of sp³-hybridized carbons (Fsp3) is 0.222. The number of rotatable bonds is 7. The minimum atomic E-state index is -0.373. The first-order valence-electron chi connectivity index (χ1n) is 7.79. The van der Waals surface area contributed by atoms with Crippen molar-refractivity contribution in [3.05, 3.63) is 59.1 Å². The number of carbonyl (C=O) groups excluding carboxylic acids is 2. The summed E-state index contributed by atoms with van der Waals surface area (Å²) in [5.74, 6) is 0.677. The number of hydrazine groups is 1. The molecule has 0 unspecified atom stereocenters. The van der Waals surface area contributed by atoms with E-state index >= 15 is 0 Å². The van der Waals surface area contributed by atoms with Gasteiger partial charge in [-0.25, -0.2) is 0 Å². The molecule has 0 radical (unpaired) electrons. The van der Waals surface area contributed by atoms with E-state index in [9.17, 15) is 9.59 Å². The van der Waals surface area contributed by atoms with Gasteiger partial charge in [-0.1, -0.05) is 11.6 Å². The highest BCUT2D eigenvalue weighted by molar-refractivity contribution is 7.99. The van der Waals surface area contributed by atoms with Crippen LogP contribution in [0, 0.1) is 0 Å². The van der Waals surface area contributed by atoms with Crippen molar-refractivity contribution >= 4 is 35.2 Å². The summed E-state index contributed by atoms with van der Waals surface area (Å²) in [5.41, 5.74) is 5.26. The van der Waals surface area contributed by atoms with Crippen molar-refractivity contribution in [2.75, 3.05) is 12.4 Å². The number of hydrogen-bond donors (Lipinski definition) is 2. The molecule has 0 atom stereocenters. The van der Waals surface area contributed by atoms with Gasteiger partial charge in [-0.2, -0.15) is 0 Å². The van der Waals surface area contributed by atoms with Gasteiger partial charge in [-0.05, 0) is 55.5 Å². The SMILES string of the molecule is CCOc1ccc(C(=O)NNC(=O)CCSc2ccc(Cl)cc2)cc1. The maximum atomic E-state index is 12.0. The Morgan fingerprint density at radius 3 is 2.36 bits per heavy atom. The Balaban J connectivity index is 1.70. The summed E-state index contributed by atoms with van der Waals surface area (Å²) in [6.45, 7) is 2.46. The van der Waals surface area contributed by atoms with Crippen LogP contribution in [0.1, 0.15) is 23.7 Å². The first kappa shape index (κ1) is 19.1. The van der Waals surface area contributed by atoms with Crippen LogP contribution in [0.25, 0.3) is 0 Å². The Kier molecular flexibility index (Phi) is 7.63. The molecule has 0 bridgehead atoms. The van der Waals surface area contributed by atoms with Crippen LogP contribution in [0.2, 0.25) is 5.02 Å². The molecule has 2 amide bonds. The Labute approximate surface area is 156 Å². The molecule has 2 rings (SSSR count). The Hall–Kier alpha value is -2.18. The summed E-state index contributed by atoms with van der Waals surface area (Å²) in [4.78, 5) is 24.8. The third-order valence-corrected chi connectivity index (χ3v) is 4.42. The van der Waals surface area contributed by atoms with E-state index in [0.29, 0.717) is 28.7 Å². The highest BCUT2D eigenvalue weighted by atomic mass is 35.5. The summed E-state index contributed by atoms with van der Waals surface area (Å²) in [7, 11) is 0. The molecule has 2 aromatic carbocycles. The molecule has 5 nitrogen and oxygen atoms in total. The molecule has 0 aliphatic rings. The lowest BCUT2D eigenvalue weighted by molar-refractivity contribution is -0.121. The summed E-state index contributed by atoms with van der Waals surface area (Å²) in [5, 5.41) is 0.680. The topological polar surface area (TPSA) is 67.4 Å². The van der Waals surface area contributed by atoms with Gasteiger partial charge in [0.05, 0.1) is 6.61 Å². The molecule has 2 N–H and O–H groups in total. The monoisotopic (exact) mass is 378 g/mol. The molecule has 0 heterocycles. The zero-order valence-corrected chi connectivity index (χ0v) is 15.3. The van der Waals surface area contributed by atoms with Gasteiger partial charge in [0.2, 0.25) is 5.91 Å². The summed E-state index contributed by atoms with van der Waals surface area (Å²) in [6.07, 6.45) is 0.289. The number of thioether (sulfide) groups is 1. The Morgan fingerprint density at radius 1 is 1.04 bits per heavy atom. The number of carbonyl (C=O) groups is 2. The first-order chi connectivity index (χ1) is 12.1. The number of nitrogens with one attached hydrogen (secondary N) is 2.